The highest BCUT2D eigenvalue weighted by molar-refractivity contribution is 5.92. The fourth-order valence-electron chi connectivity index (χ4n) is 5.23. The van der Waals surface area contributed by atoms with Crippen molar-refractivity contribution in [2.24, 2.45) is 17.4 Å². The number of likely N-dealkylation sites (N-methyl/N-ethyl adjacent to an activating group) is 2. The Morgan fingerprint density at radius 1 is 1.29 bits per heavy atom. The predicted octanol–water partition coefficient (Wildman–Crippen LogP) is 0.442. The number of nitrogens with two attached hydrogens (primary N) is 2. The van der Waals surface area contributed by atoms with Crippen molar-refractivity contribution in [2.75, 3.05) is 33.2 Å². The van der Waals surface area contributed by atoms with Gasteiger partial charge in [0.15, 0.2) is 0 Å². The van der Waals surface area contributed by atoms with Gasteiger partial charge < -0.3 is 26.3 Å². The molecule has 6 N–H and O–H groups in total. The van der Waals surface area contributed by atoms with E-state index in [-0.39, 0.29) is 17.7 Å². The van der Waals surface area contributed by atoms with E-state index < -0.39 is 17.4 Å². The average molecular weight is 477 g/mol. The Bertz CT molecular complexity index is 793. The maximum absolute atomic E-state index is 14.0. The van der Waals surface area contributed by atoms with Crippen molar-refractivity contribution in [2.45, 2.75) is 82.7 Å². The van der Waals surface area contributed by atoms with Gasteiger partial charge in [0.1, 0.15) is 17.4 Å². The first-order valence-electron chi connectivity index (χ1n) is 12.8. The van der Waals surface area contributed by atoms with Gasteiger partial charge in [0.05, 0.1) is 6.33 Å². The molecule has 3 atom stereocenters. The molecule has 2 aliphatic rings. The number of carbonyl (C=O) groups excluding carboxylic acids is 2. The van der Waals surface area contributed by atoms with E-state index in [1.807, 2.05) is 22.0 Å². The van der Waals surface area contributed by atoms with Crippen LogP contribution in [-0.4, -0.2) is 81.8 Å². The van der Waals surface area contributed by atoms with Crippen LogP contribution in [0.5, 0.6) is 0 Å². The predicted molar refractivity (Wildman–Crippen MR) is 132 cm³/mol. The van der Waals surface area contributed by atoms with Gasteiger partial charge in [0.2, 0.25) is 5.91 Å². The zero-order chi connectivity index (χ0) is 24.8. The number of imidazole rings is 1. The lowest BCUT2D eigenvalue weighted by atomic mass is 9.83. The Hall–Kier alpha value is -2.01. The van der Waals surface area contributed by atoms with Crippen LogP contribution in [-0.2, 0) is 16.1 Å². The Balaban J connectivity index is 1.74. The number of aromatic nitrogens is 2. The van der Waals surface area contributed by atoms with Gasteiger partial charge in [0, 0.05) is 38.6 Å². The van der Waals surface area contributed by atoms with Crippen LogP contribution in [0, 0.1) is 5.92 Å². The van der Waals surface area contributed by atoms with Crippen LogP contribution in [0.4, 0.5) is 0 Å². The Morgan fingerprint density at radius 2 is 2.03 bits per heavy atom. The van der Waals surface area contributed by atoms with Gasteiger partial charge in [-0.1, -0.05) is 26.2 Å². The second-order valence-corrected chi connectivity index (χ2v) is 10.2. The highest BCUT2D eigenvalue weighted by Crippen LogP contribution is 2.32. The molecule has 0 aromatic carbocycles. The Morgan fingerprint density at radius 3 is 2.65 bits per heavy atom. The van der Waals surface area contributed by atoms with Crippen molar-refractivity contribution in [3.05, 3.63) is 18.7 Å². The molecule has 0 spiro atoms. The van der Waals surface area contributed by atoms with Crippen LogP contribution in [0.15, 0.2) is 18.7 Å². The van der Waals surface area contributed by atoms with Crippen molar-refractivity contribution < 1.29 is 9.59 Å². The summed E-state index contributed by atoms with van der Waals surface area (Å²) in [5.74, 6) is -0.333. The topological polar surface area (TPSA) is 135 Å². The first-order chi connectivity index (χ1) is 16.2. The molecular weight excluding hydrogens is 432 g/mol. The third-order valence-corrected chi connectivity index (χ3v) is 7.64. The zero-order valence-corrected chi connectivity index (χ0v) is 21.1. The van der Waals surface area contributed by atoms with Crippen LogP contribution in [0.1, 0.15) is 58.8 Å². The van der Waals surface area contributed by atoms with E-state index in [2.05, 4.69) is 27.4 Å². The molecule has 10 nitrogen and oxygen atoms in total. The third-order valence-electron chi connectivity index (χ3n) is 7.64. The van der Waals surface area contributed by atoms with Gasteiger partial charge >= 0.3 is 0 Å². The summed E-state index contributed by atoms with van der Waals surface area (Å²) in [6.45, 7) is 7.42. The molecule has 192 valence electrons. The van der Waals surface area contributed by atoms with Crippen molar-refractivity contribution in [1.29, 1.82) is 0 Å². The van der Waals surface area contributed by atoms with E-state index in [4.69, 9.17) is 11.5 Å². The van der Waals surface area contributed by atoms with Crippen molar-refractivity contribution in [3.63, 3.8) is 0 Å². The largest absolute Gasteiger partial charge is 0.341 e. The lowest BCUT2D eigenvalue weighted by Crippen LogP contribution is -2.67. The molecule has 2 fully saturated rings. The molecule has 34 heavy (non-hydrogen) atoms. The maximum atomic E-state index is 14.0. The first-order valence-corrected chi connectivity index (χ1v) is 12.8. The Kier molecular flexibility index (Phi) is 9.08. The molecule has 0 radical (unpaired) electrons. The molecule has 1 aromatic heterocycles. The van der Waals surface area contributed by atoms with Crippen molar-refractivity contribution in [1.82, 2.24) is 30.0 Å². The van der Waals surface area contributed by atoms with E-state index in [0.717, 1.165) is 58.2 Å². The quantitative estimate of drug-likeness (QED) is 0.341. The third kappa shape index (κ3) is 6.35. The summed E-state index contributed by atoms with van der Waals surface area (Å²) in [5, 5.41) is 5.84. The lowest BCUT2D eigenvalue weighted by Gasteiger charge is -2.42. The minimum absolute atomic E-state index is 0.0715. The van der Waals surface area contributed by atoms with Crippen LogP contribution < -0.4 is 22.1 Å². The molecule has 2 amide bonds. The summed E-state index contributed by atoms with van der Waals surface area (Å²) in [6.07, 6.45) is 12.3. The van der Waals surface area contributed by atoms with E-state index in [9.17, 15) is 9.59 Å². The highest BCUT2D eigenvalue weighted by atomic mass is 16.2. The van der Waals surface area contributed by atoms with Gasteiger partial charge in [-0.25, -0.2) is 4.98 Å². The number of carbonyl (C=O) groups is 2. The summed E-state index contributed by atoms with van der Waals surface area (Å²) < 4.78 is 2.05. The number of rotatable bonds is 11. The summed E-state index contributed by atoms with van der Waals surface area (Å²) >= 11 is 0. The molecule has 1 aliphatic heterocycles. The minimum Gasteiger partial charge on any atom is -0.341 e. The minimum atomic E-state index is -1.25. The van der Waals surface area contributed by atoms with Crippen LogP contribution >= 0.6 is 0 Å². The van der Waals surface area contributed by atoms with Crippen LogP contribution in [0.25, 0.3) is 0 Å². The zero-order valence-electron chi connectivity index (χ0n) is 21.1. The van der Waals surface area contributed by atoms with Gasteiger partial charge in [-0.05, 0) is 52.1 Å². The smallest absolute Gasteiger partial charge is 0.255 e. The van der Waals surface area contributed by atoms with Gasteiger partial charge in [-0.2, -0.15) is 0 Å². The van der Waals surface area contributed by atoms with E-state index in [0.29, 0.717) is 13.1 Å². The monoisotopic (exact) mass is 476 g/mol. The molecule has 1 aromatic rings. The number of amides is 2. The maximum Gasteiger partial charge on any atom is 0.255 e. The molecule has 1 saturated heterocycles. The van der Waals surface area contributed by atoms with Gasteiger partial charge in [-0.3, -0.25) is 19.8 Å². The van der Waals surface area contributed by atoms with E-state index in [1.54, 1.807) is 20.2 Å². The molecule has 2 heterocycles. The molecule has 1 saturated carbocycles. The first kappa shape index (κ1) is 26.6. The van der Waals surface area contributed by atoms with E-state index >= 15 is 0 Å². The van der Waals surface area contributed by atoms with Crippen LogP contribution in [0.2, 0.25) is 0 Å². The van der Waals surface area contributed by atoms with Gasteiger partial charge in [-0.15, -0.1) is 0 Å². The van der Waals surface area contributed by atoms with Gasteiger partial charge in [0.25, 0.3) is 5.91 Å². The molecule has 0 bridgehead atoms. The second kappa shape index (κ2) is 11.6. The number of likely N-dealkylation sites (tertiary alicyclic amines) is 1. The standard InChI is InChI=1S/C24H44N8O2/c1-4-30(15-16-31-14-12-28-18-31)17-24(26)11-8-13-32(24)21(33)20(19-9-6-5-7-10-19)29-22(34)23(2,25)27-3/h12,14,18-20,27H,4-11,13,15-17,25-26H2,1-3H3,(H,29,34)/t20-,23-,24?/m0/s1. The Labute approximate surface area is 203 Å². The number of nitrogens with one attached hydrogen (secondary N) is 2. The molecular formula is C24H44N8O2. The molecule has 3 rings (SSSR count). The lowest BCUT2D eigenvalue weighted by molar-refractivity contribution is -0.143. The molecule has 1 aliphatic carbocycles. The van der Waals surface area contributed by atoms with Crippen molar-refractivity contribution >= 4 is 11.8 Å². The van der Waals surface area contributed by atoms with Crippen molar-refractivity contribution in [3.8, 4) is 0 Å². The number of hydrogen-bond donors (Lipinski definition) is 4. The number of nitrogens with zero attached hydrogens (tertiary/aromatic N) is 4. The summed E-state index contributed by atoms with van der Waals surface area (Å²) in [4.78, 5) is 35.1. The average Bonchev–Trinajstić information content (AvgIpc) is 3.49. The van der Waals surface area contributed by atoms with Crippen LogP contribution in [0.3, 0.4) is 0 Å². The highest BCUT2D eigenvalue weighted by Gasteiger charge is 2.46. The normalized spacial score (nSPS) is 24.2. The number of hydrogen-bond acceptors (Lipinski definition) is 7. The molecule has 1 unspecified atom stereocenters. The summed E-state index contributed by atoms with van der Waals surface area (Å²) in [7, 11) is 1.64. The SMILES string of the molecule is CCN(CCn1ccnc1)CC1(N)CCCN1C(=O)[C@@H](NC(=O)[C@@](C)(N)NC)C1CCCCC1. The van der Waals surface area contributed by atoms with E-state index in [1.165, 1.54) is 6.42 Å². The fraction of sp³-hybridized carbons (Fsp3) is 0.792. The second-order valence-electron chi connectivity index (χ2n) is 10.2. The summed E-state index contributed by atoms with van der Waals surface area (Å²) in [6, 6.07) is -0.605. The fourth-order valence-corrected chi connectivity index (χ4v) is 5.23. The summed E-state index contributed by atoms with van der Waals surface area (Å²) in [5.41, 5.74) is 11.0. The molecule has 10 heteroatoms.